The molecule has 0 saturated carbocycles. The van der Waals surface area contributed by atoms with Crippen molar-refractivity contribution in [2.45, 2.75) is 62.3 Å². The number of hydrogen-bond donors (Lipinski definition) is 0. The van der Waals surface area contributed by atoms with Gasteiger partial charge in [-0.05, 0) is 30.2 Å². The van der Waals surface area contributed by atoms with Gasteiger partial charge in [0.15, 0.2) is 0 Å². The third-order valence-corrected chi connectivity index (χ3v) is 32.6. The minimum atomic E-state index is -2.70. The van der Waals surface area contributed by atoms with Crippen LogP contribution in [0.1, 0.15) is 32.1 Å². The van der Waals surface area contributed by atoms with Crippen molar-refractivity contribution in [1.82, 2.24) is 0 Å². The van der Waals surface area contributed by atoms with Crippen LogP contribution in [0.25, 0.3) is 0 Å². The average molecular weight is 698 g/mol. The predicted octanol–water partition coefficient (Wildman–Crippen LogP) is 2.60. The molecule has 0 amide bonds. The van der Waals surface area contributed by atoms with Gasteiger partial charge >= 0.3 is 27.4 Å². The van der Waals surface area contributed by atoms with Crippen molar-refractivity contribution in [3.63, 3.8) is 0 Å². The fourth-order valence-electron chi connectivity index (χ4n) is 3.01. The van der Waals surface area contributed by atoms with Gasteiger partial charge in [0.25, 0.3) is 0 Å². The normalized spacial score (nSPS) is 24.6. The molecule has 8 radical (unpaired) electrons. The summed E-state index contributed by atoms with van der Waals surface area (Å²) in [6.07, 6.45) is 5.00. The molecule has 0 atom stereocenters. The number of rotatable bonds is 6. The van der Waals surface area contributed by atoms with Crippen molar-refractivity contribution in [3.05, 3.63) is 20.8 Å². The Morgan fingerprint density at radius 1 is 0.704 bits per heavy atom. The van der Waals surface area contributed by atoms with Gasteiger partial charge in [-0.3, -0.25) is 0 Å². The van der Waals surface area contributed by atoms with E-state index in [1.165, 1.54) is 24.9 Å². The topological polar surface area (TPSA) is 46.2 Å². The van der Waals surface area contributed by atoms with Crippen molar-refractivity contribution in [3.8, 4) is 0 Å². The molecular formula is C13H26O5Si6Y3-3. The summed E-state index contributed by atoms with van der Waals surface area (Å²) in [5.41, 5.74) is 0. The summed E-state index contributed by atoms with van der Waals surface area (Å²) in [5, 5.41) is 0. The van der Waals surface area contributed by atoms with Gasteiger partial charge in [0.05, 0.1) is 0 Å². The summed E-state index contributed by atoms with van der Waals surface area (Å²) in [4.78, 5) is 0. The van der Waals surface area contributed by atoms with Crippen LogP contribution in [0.2, 0.25) is 30.2 Å². The van der Waals surface area contributed by atoms with Crippen LogP contribution in [0.4, 0.5) is 0 Å². The van der Waals surface area contributed by atoms with Crippen molar-refractivity contribution in [2.75, 3.05) is 0 Å². The Kier molecular flexibility index (Phi) is 18.7. The first kappa shape index (κ1) is 31.4. The fraction of sp³-hybridized carbons (Fsp3) is 0.769. The Morgan fingerprint density at radius 3 is 1.59 bits per heavy atom. The van der Waals surface area contributed by atoms with Gasteiger partial charge in [-0.25, -0.2) is 0 Å². The largest absolute Gasteiger partial charge is 0.469 e. The van der Waals surface area contributed by atoms with Crippen molar-refractivity contribution in [2.24, 2.45) is 0 Å². The Morgan fingerprint density at radius 2 is 1.19 bits per heavy atom. The van der Waals surface area contributed by atoms with E-state index in [1.807, 2.05) is 0 Å². The smallest absolute Gasteiger partial charge is 0.435 e. The standard InChI is InChI=1S/C13H26O5Si6.3Y/c1-4-9-19-14-21-11-7-8-12-22-15-20(10-5-2)17-24(16-19,13-6-3)18-23(21)22;;;/h1-13H2;;;/q-3;;;. The van der Waals surface area contributed by atoms with E-state index in [0.717, 1.165) is 37.4 Å². The summed E-state index contributed by atoms with van der Waals surface area (Å²) < 4.78 is 33.1. The Balaban J connectivity index is 0.00000225. The van der Waals surface area contributed by atoms with Gasteiger partial charge in [0.2, 0.25) is 25.2 Å². The fourth-order valence-corrected chi connectivity index (χ4v) is 39.9. The van der Waals surface area contributed by atoms with E-state index in [4.69, 9.17) is 20.6 Å². The third kappa shape index (κ3) is 8.94. The van der Waals surface area contributed by atoms with Crippen molar-refractivity contribution < 1.29 is 119 Å². The molecule has 3 heterocycles. The first-order chi connectivity index (χ1) is 11.7. The molecule has 27 heavy (non-hydrogen) atoms. The molecule has 0 aromatic rings. The van der Waals surface area contributed by atoms with Gasteiger partial charge in [0.1, 0.15) is 0 Å². The molecule has 3 rings (SSSR count). The number of hydrogen-bond acceptors (Lipinski definition) is 5. The maximum absolute atomic E-state index is 6.81. The molecule has 3 aliphatic heterocycles. The Labute approximate surface area is 250 Å². The van der Waals surface area contributed by atoms with Crippen LogP contribution in [-0.4, -0.2) is 52.6 Å². The zero-order valence-electron chi connectivity index (χ0n) is 16.0. The van der Waals surface area contributed by atoms with E-state index in [2.05, 4.69) is 20.8 Å². The zero-order valence-corrected chi connectivity index (χ0v) is 30.5. The molecule has 0 spiro atoms. The van der Waals surface area contributed by atoms with Crippen molar-refractivity contribution >= 4 is 52.6 Å². The molecule has 0 aromatic carbocycles. The molecule has 3 saturated heterocycles. The summed E-state index contributed by atoms with van der Waals surface area (Å²) in [5.74, 6) is 0. The van der Waals surface area contributed by atoms with E-state index in [0.29, 0.717) is 0 Å². The van der Waals surface area contributed by atoms with Crippen LogP contribution < -0.4 is 0 Å². The third-order valence-electron chi connectivity index (χ3n) is 4.08. The van der Waals surface area contributed by atoms with Crippen LogP contribution in [0.5, 0.6) is 0 Å². The molecule has 14 heteroatoms. The molecule has 0 aliphatic carbocycles. The molecule has 3 aliphatic rings. The first-order valence-electron chi connectivity index (χ1n) is 8.81. The maximum atomic E-state index is 6.81. The summed E-state index contributed by atoms with van der Waals surface area (Å²) >= 11 is 0. The van der Waals surface area contributed by atoms with Gasteiger partial charge in [-0.1, -0.05) is 12.8 Å². The van der Waals surface area contributed by atoms with Crippen LogP contribution in [0.15, 0.2) is 0 Å². The molecule has 0 unspecified atom stereocenters. The Bertz CT molecular complexity index is 391. The van der Waals surface area contributed by atoms with Gasteiger partial charge < -0.3 is 41.3 Å². The van der Waals surface area contributed by atoms with Gasteiger partial charge in [-0.2, -0.15) is 19.3 Å². The van der Waals surface area contributed by atoms with E-state index in [9.17, 15) is 0 Å². The SMILES string of the molecule is [CH2-]CC[Si]1O[Si]2CCCC[Si]3O[Si](CC[CH2-])O[Si](CC[CH2-])(O1)O[Si]23.[Y].[Y].[Y]. The van der Waals surface area contributed by atoms with Crippen LogP contribution in [-0.2, 0) is 119 Å². The molecule has 5 nitrogen and oxygen atoms in total. The second-order valence-electron chi connectivity index (χ2n) is 6.13. The second kappa shape index (κ2) is 16.1. The van der Waals surface area contributed by atoms with Crippen LogP contribution in [0, 0.1) is 20.8 Å². The minimum absolute atomic E-state index is 0. The quantitative estimate of drug-likeness (QED) is 0.316. The van der Waals surface area contributed by atoms with Crippen molar-refractivity contribution in [1.29, 1.82) is 0 Å². The monoisotopic (exact) mass is 697 g/mol. The minimum Gasteiger partial charge on any atom is -0.435 e. The van der Waals surface area contributed by atoms with E-state index < -0.39 is 52.6 Å². The molecule has 2 bridgehead atoms. The van der Waals surface area contributed by atoms with Crippen LogP contribution >= 0.6 is 0 Å². The van der Waals surface area contributed by atoms with Crippen LogP contribution in [0.3, 0.4) is 0 Å². The molecule has 3 fully saturated rings. The van der Waals surface area contributed by atoms with Gasteiger partial charge in [0, 0.05) is 98.1 Å². The molecule has 0 aromatic heterocycles. The predicted molar refractivity (Wildman–Crippen MR) is 103 cm³/mol. The Hall–Kier alpha value is 4.41. The average Bonchev–Trinajstić information content (AvgIpc) is 2.85. The summed E-state index contributed by atoms with van der Waals surface area (Å²) in [6.45, 7) is 12.1. The van der Waals surface area contributed by atoms with E-state index in [-0.39, 0.29) is 98.1 Å². The molecule has 0 N–H and O–H groups in total. The second-order valence-corrected chi connectivity index (χ2v) is 25.5. The number of fused-ring (bicyclic) bond motifs is 1. The zero-order chi connectivity index (χ0) is 17.0. The maximum Gasteiger partial charge on any atom is 0.469 e. The van der Waals surface area contributed by atoms with E-state index >= 15 is 0 Å². The first-order valence-corrected chi connectivity index (χ1v) is 20.4. The molecular weight excluding hydrogens is 671 g/mol. The van der Waals surface area contributed by atoms with Gasteiger partial charge in [-0.15, -0.1) is 0 Å². The van der Waals surface area contributed by atoms with E-state index in [1.54, 1.807) is 0 Å². The summed E-state index contributed by atoms with van der Waals surface area (Å²) in [7, 11) is -8.33. The summed E-state index contributed by atoms with van der Waals surface area (Å²) in [6, 6.07) is 5.03. The molecule has 144 valence electrons.